The molecule has 0 atom stereocenters. The van der Waals surface area contributed by atoms with Crippen molar-refractivity contribution in [3.8, 4) is 22.0 Å². The summed E-state index contributed by atoms with van der Waals surface area (Å²) in [6, 6.07) is 7.60. The van der Waals surface area contributed by atoms with Gasteiger partial charge in [-0.05, 0) is 11.6 Å². The van der Waals surface area contributed by atoms with Crippen molar-refractivity contribution in [1.29, 1.82) is 0 Å². The molecule has 11 nitrogen and oxygen atoms in total. The highest BCUT2D eigenvalue weighted by atomic mass is 32.2. The zero-order valence-electron chi connectivity index (χ0n) is 17.3. The molecule has 0 spiro atoms. The van der Waals surface area contributed by atoms with Gasteiger partial charge in [-0.2, -0.15) is 0 Å². The zero-order chi connectivity index (χ0) is 22.8. The number of thiol groups is 1. The lowest BCUT2D eigenvalue weighted by Crippen LogP contribution is -2.37. The summed E-state index contributed by atoms with van der Waals surface area (Å²) in [7, 11) is -2.66. The number of hydrogen-bond donors (Lipinski definition) is 3. The highest BCUT2D eigenvalue weighted by Gasteiger charge is 2.22. The highest BCUT2D eigenvalue weighted by molar-refractivity contribution is 7.70. The summed E-state index contributed by atoms with van der Waals surface area (Å²) in [5.41, 5.74) is 8.72. The standard InChI is InChI=1S/C20H20N8O3S2/c21-20-22-10-14(11-23-20)16-26-17(28-4-6-31-7-5-28)15-19(27-16)32-18(25-15)13-3-1-2-12(8-13)9-24-33(29)30/h1-3,8,10-11,33H,4-7,9H2,(H2,21,22,23)(H,24,29,30). The number of morpholine rings is 1. The number of rotatable bonds is 6. The monoisotopic (exact) mass is 484 g/mol. The van der Waals surface area contributed by atoms with Gasteiger partial charge in [0.05, 0.1) is 18.8 Å². The minimum atomic E-state index is -2.66. The van der Waals surface area contributed by atoms with Crippen LogP contribution >= 0.6 is 11.3 Å². The summed E-state index contributed by atoms with van der Waals surface area (Å²) < 4.78 is 29.7. The average molecular weight is 485 g/mol. The van der Waals surface area contributed by atoms with Gasteiger partial charge >= 0.3 is 0 Å². The number of nitrogens with one attached hydrogen (secondary N) is 1. The first-order valence-electron chi connectivity index (χ1n) is 10.1. The van der Waals surface area contributed by atoms with Crippen molar-refractivity contribution < 1.29 is 13.2 Å². The molecule has 1 saturated heterocycles. The van der Waals surface area contributed by atoms with Crippen LogP contribution in [0.4, 0.5) is 11.8 Å². The molecule has 3 aromatic heterocycles. The first-order chi connectivity index (χ1) is 16.1. The Morgan fingerprint density at radius 3 is 2.64 bits per heavy atom. The number of fused-ring (bicyclic) bond motifs is 1. The van der Waals surface area contributed by atoms with E-state index in [1.165, 1.54) is 11.3 Å². The Kier molecular flexibility index (Phi) is 6.09. The van der Waals surface area contributed by atoms with Crippen LogP contribution < -0.4 is 15.4 Å². The number of aromatic nitrogens is 5. The van der Waals surface area contributed by atoms with Crippen LogP contribution in [0.2, 0.25) is 0 Å². The molecule has 1 aromatic carbocycles. The Labute approximate surface area is 194 Å². The maximum atomic E-state index is 10.9. The van der Waals surface area contributed by atoms with Crippen LogP contribution in [0.1, 0.15) is 5.56 Å². The molecule has 0 amide bonds. The minimum Gasteiger partial charge on any atom is -0.378 e. The van der Waals surface area contributed by atoms with Crippen molar-refractivity contribution in [2.45, 2.75) is 6.54 Å². The van der Waals surface area contributed by atoms with E-state index in [4.69, 9.17) is 25.4 Å². The van der Waals surface area contributed by atoms with Gasteiger partial charge in [-0.15, -0.1) is 0 Å². The second-order valence-corrected chi connectivity index (χ2v) is 9.07. The summed E-state index contributed by atoms with van der Waals surface area (Å²) >= 11 is 1.45. The quantitative estimate of drug-likeness (QED) is 0.341. The normalized spacial score (nSPS) is 14.3. The van der Waals surface area contributed by atoms with Gasteiger partial charge in [-0.25, -0.2) is 38.1 Å². The molecule has 0 unspecified atom stereocenters. The van der Waals surface area contributed by atoms with E-state index in [0.717, 1.165) is 26.8 Å². The van der Waals surface area contributed by atoms with Gasteiger partial charge in [-0.3, -0.25) is 0 Å². The number of nitrogens with zero attached hydrogens (tertiary/aromatic N) is 6. The van der Waals surface area contributed by atoms with E-state index in [1.807, 2.05) is 24.3 Å². The molecule has 1 aliphatic rings. The fourth-order valence-corrected chi connectivity index (χ4v) is 4.72. The molecular formula is C20H20N8O3S2. The van der Waals surface area contributed by atoms with E-state index >= 15 is 0 Å². The Hall–Kier alpha value is -3.26. The molecule has 33 heavy (non-hydrogen) atoms. The third-order valence-electron chi connectivity index (χ3n) is 5.07. The molecule has 170 valence electrons. The van der Waals surface area contributed by atoms with Crippen LogP contribution in [0.15, 0.2) is 36.7 Å². The Balaban J connectivity index is 1.60. The number of nitrogen functional groups attached to an aromatic ring is 1. The predicted molar refractivity (Wildman–Crippen MR) is 126 cm³/mol. The summed E-state index contributed by atoms with van der Waals surface area (Å²) in [6.07, 6.45) is 3.21. The van der Waals surface area contributed by atoms with Crippen LogP contribution in [0.5, 0.6) is 0 Å². The second-order valence-electron chi connectivity index (χ2n) is 7.27. The van der Waals surface area contributed by atoms with Gasteiger partial charge in [0, 0.05) is 37.6 Å². The Morgan fingerprint density at radius 2 is 1.88 bits per heavy atom. The molecule has 3 N–H and O–H groups in total. The summed E-state index contributed by atoms with van der Waals surface area (Å²) in [5.74, 6) is 1.42. The van der Waals surface area contributed by atoms with Gasteiger partial charge in [0.15, 0.2) is 11.6 Å². The van der Waals surface area contributed by atoms with Crippen LogP contribution in [0.25, 0.3) is 32.3 Å². The third kappa shape index (κ3) is 4.75. The first kappa shape index (κ1) is 21.6. The molecular weight excluding hydrogens is 464 g/mol. The molecule has 13 heteroatoms. The van der Waals surface area contributed by atoms with Gasteiger partial charge in [0.25, 0.3) is 0 Å². The van der Waals surface area contributed by atoms with E-state index in [2.05, 4.69) is 19.6 Å². The first-order valence-corrected chi connectivity index (χ1v) is 12.1. The van der Waals surface area contributed by atoms with Crippen molar-refractivity contribution in [2.24, 2.45) is 0 Å². The molecule has 0 aliphatic carbocycles. The number of benzene rings is 1. The van der Waals surface area contributed by atoms with E-state index in [9.17, 15) is 8.42 Å². The van der Waals surface area contributed by atoms with Gasteiger partial charge in [-0.1, -0.05) is 29.5 Å². The van der Waals surface area contributed by atoms with Crippen molar-refractivity contribution in [3.63, 3.8) is 0 Å². The number of hydrogen-bond acceptors (Lipinski definition) is 11. The molecule has 5 rings (SSSR count). The van der Waals surface area contributed by atoms with Gasteiger partial charge in [0.2, 0.25) is 16.8 Å². The largest absolute Gasteiger partial charge is 0.378 e. The maximum absolute atomic E-state index is 10.9. The number of nitrogens with two attached hydrogens (primary N) is 1. The minimum absolute atomic E-state index is 0.184. The van der Waals surface area contributed by atoms with E-state index in [0.29, 0.717) is 43.2 Å². The SMILES string of the molecule is Nc1ncc(-c2nc(N3CCOCC3)c3nc(-c4cccc(CN[SH](=O)=O)c4)sc3n2)cn1. The van der Waals surface area contributed by atoms with Crippen molar-refractivity contribution in [2.75, 3.05) is 36.9 Å². The van der Waals surface area contributed by atoms with Crippen molar-refractivity contribution in [3.05, 3.63) is 42.2 Å². The summed E-state index contributed by atoms with van der Waals surface area (Å²) in [6.45, 7) is 2.84. The molecule has 0 bridgehead atoms. The average Bonchev–Trinajstić information content (AvgIpc) is 3.28. The molecule has 1 fully saturated rings. The van der Waals surface area contributed by atoms with E-state index < -0.39 is 10.9 Å². The van der Waals surface area contributed by atoms with Crippen LogP contribution in [0.3, 0.4) is 0 Å². The number of thiazole rings is 1. The Morgan fingerprint density at radius 1 is 1.09 bits per heavy atom. The van der Waals surface area contributed by atoms with Crippen LogP contribution in [0, 0.1) is 0 Å². The molecule has 0 radical (unpaired) electrons. The van der Waals surface area contributed by atoms with E-state index in [-0.39, 0.29) is 12.5 Å². The highest BCUT2D eigenvalue weighted by Crippen LogP contribution is 2.35. The fourth-order valence-electron chi connectivity index (χ4n) is 3.48. The molecule has 4 heterocycles. The lowest BCUT2D eigenvalue weighted by molar-refractivity contribution is 0.122. The van der Waals surface area contributed by atoms with Crippen molar-refractivity contribution in [1.82, 2.24) is 29.6 Å². The summed E-state index contributed by atoms with van der Waals surface area (Å²) in [4.78, 5) is 25.4. The fraction of sp³-hybridized carbons (Fsp3) is 0.250. The van der Waals surface area contributed by atoms with Crippen LogP contribution in [-0.2, 0) is 22.2 Å². The second kappa shape index (κ2) is 9.31. The topological polar surface area (TPSA) is 149 Å². The lowest BCUT2D eigenvalue weighted by atomic mass is 10.1. The maximum Gasteiger partial charge on any atom is 0.219 e. The lowest BCUT2D eigenvalue weighted by Gasteiger charge is -2.28. The zero-order valence-corrected chi connectivity index (χ0v) is 19.1. The Bertz CT molecular complexity index is 1360. The van der Waals surface area contributed by atoms with Gasteiger partial charge in [0.1, 0.15) is 15.4 Å². The van der Waals surface area contributed by atoms with Crippen LogP contribution in [-0.4, -0.2) is 59.6 Å². The molecule has 4 aromatic rings. The summed E-state index contributed by atoms with van der Waals surface area (Å²) in [5, 5.41) is 0.771. The number of ether oxygens (including phenoxy) is 1. The molecule has 0 saturated carbocycles. The van der Waals surface area contributed by atoms with Gasteiger partial charge < -0.3 is 15.4 Å². The predicted octanol–water partition coefficient (Wildman–Crippen LogP) is 1.25. The van der Waals surface area contributed by atoms with Crippen molar-refractivity contribution >= 4 is 44.3 Å². The smallest absolute Gasteiger partial charge is 0.219 e. The third-order valence-corrected chi connectivity index (χ3v) is 6.48. The molecule has 1 aliphatic heterocycles. The number of anilines is 2. The van der Waals surface area contributed by atoms with E-state index in [1.54, 1.807) is 12.4 Å².